The van der Waals surface area contributed by atoms with Gasteiger partial charge >= 0.3 is 0 Å². The van der Waals surface area contributed by atoms with Crippen LogP contribution in [0, 0.1) is 0 Å². The Morgan fingerprint density at radius 2 is 2.36 bits per heavy atom. The molecule has 0 saturated heterocycles. The summed E-state index contributed by atoms with van der Waals surface area (Å²) in [6.45, 7) is 4.44. The molecule has 0 aliphatic rings. The second kappa shape index (κ2) is 4.19. The van der Waals surface area contributed by atoms with Crippen LogP contribution in [0.1, 0.15) is 12.6 Å². The van der Waals surface area contributed by atoms with Gasteiger partial charge in [0.05, 0.1) is 0 Å². The molecule has 0 aliphatic carbocycles. The van der Waals surface area contributed by atoms with E-state index in [1.54, 1.807) is 0 Å². The largest absolute Gasteiger partial charge is 0.365 e. The number of hydrogen-bond acceptors (Lipinski definition) is 1. The Morgan fingerprint density at radius 1 is 1.55 bits per heavy atom. The Labute approximate surface area is 68.2 Å². The van der Waals surface area contributed by atoms with Crippen molar-refractivity contribution < 1.29 is 0 Å². The molecule has 0 aromatic carbocycles. The molecule has 1 aromatic rings. The molecule has 1 rings (SSSR count). The minimum absolute atomic E-state index is 1.12. The van der Waals surface area contributed by atoms with Gasteiger partial charge in [0, 0.05) is 24.9 Å². The van der Waals surface area contributed by atoms with Gasteiger partial charge in [0.25, 0.3) is 0 Å². The quantitative estimate of drug-likeness (QED) is 0.693. The van der Waals surface area contributed by atoms with E-state index in [-0.39, 0.29) is 0 Å². The third-order valence-electron chi connectivity index (χ3n) is 1.97. The van der Waals surface area contributed by atoms with Crippen LogP contribution in [0.2, 0.25) is 0 Å². The maximum absolute atomic E-state index is 3.19. The van der Waals surface area contributed by atoms with Gasteiger partial charge in [-0.3, -0.25) is 0 Å². The Bertz CT molecular complexity index is 179. The number of aromatic amines is 1. The van der Waals surface area contributed by atoms with Gasteiger partial charge in [-0.05, 0) is 25.7 Å². The highest BCUT2D eigenvalue weighted by atomic mass is 15.1. The van der Waals surface area contributed by atoms with Crippen LogP contribution >= 0.6 is 0 Å². The van der Waals surface area contributed by atoms with Crippen LogP contribution in [-0.4, -0.2) is 30.0 Å². The summed E-state index contributed by atoms with van der Waals surface area (Å²) in [5.41, 5.74) is 1.32. The molecule has 0 bridgehead atoms. The van der Waals surface area contributed by atoms with Crippen LogP contribution in [0.5, 0.6) is 0 Å². The molecule has 0 atom stereocenters. The number of rotatable bonds is 4. The molecule has 2 heteroatoms. The molecule has 0 fully saturated rings. The SMILES string of the molecule is CCN(C)CCc1ccc[nH]1. The van der Waals surface area contributed by atoms with E-state index < -0.39 is 0 Å². The second-order valence-electron chi connectivity index (χ2n) is 2.84. The molecule has 1 N–H and O–H groups in total. The van der Waals surface area contributed by atoms with E-state index in [1.807, 2.05) is 12.3 Å². The Hall–Kier alpha value is -0.760. The lowest BCUT2D eigenvalue weighted by Crippen LogP contribution is -2.20. The van der Waals surface area contributed by atoms with E-state index in [9.17, 15) is 0 Å². The number of nitrogens with zero attached hydrogens (tertiary/aromatic N) is 1. The molecule has 2 nitrogen and oxygen atoms in total. The summed E-state index contributed by atoms with van der Waals surface area (Å²) in [6, 6.07) is 4.17. The molecule has 1 aromatic heterocycles. The summed E-state index contributed by atoms with van der Waals surface area (Å²) in [6.07, 6.45) is 3.10. The smallest absolute Gasteiger partial charge is 0.0159 e. The van der Waals surface area contributed by atoms with Gasteiger partial charge in [0.2, 0.25) is 0 Å². The summed E-state index contributed by atoms with van der Waals surface area (Å²) in [5.74, 6) is 0. The number of nitrogens with one attached hydrogen (secondary N) is 1. The van der Waals surface area contributed by atoms with Gasteiger partial charge < -0.3 is 9.88 Å². The fraction of sp³-hybridized carbons (Fsp3) is 0.556. The first kappa shape index (κ1) is 8.34. The van der Waals surface area contributed by atoms with Crippen LogP contribution in [0.4, 0.5) is 0 Å². The molecule has 0 saturated carbocycles. The number of likely N-dealkylation sites (N-methyl/N-ethyl adjacent to an activating group) is 1. The number of hydrogen-bond donors (Lipinski definition) is 1. The highest BCUT2D eigenvalue weighted by Gasteiger charge is 1.95. The van der Waals surface area contributed by atoms with Gasteiger partial charge in [-0.15, -0.1) is 0 Å². The molecular weight excluding hydrogens is 136 g/mol. The molecular formula is C9H16N2. The zero-order valence-electron chi connectivity index (χ0n) is 7.30. The van der Waals surface area contributed by atoms with Crippen molar-refractivity contribution >= 4 is 0 Å². The maximum Gasteiger partial charge on any atom is 0.0159 e. The van der Waals surface area contributed by atoms with Crippen LogP contribution in [-0.2, 0) is 6.42 Å². The molecule has 0 amide bonds. The topological polar surface area (TPSA) is 19.0 Å². The second-order valence-corrected chi connectivity index (χ2v) is 2.84. The predicted octanol–water partition coefficient (Wildman–Crippen LogP) is 1.51. The highest BCUT2D eigenvalue weighted by molar-refractivity contribution is 5.03. The van der Waals surface area contributed by atoms with E-state index >= 15 is 0 Å². The third kappa shape index (κ3) is 2.76. The van der Waals surface area contributed by atoms with Gasteiger partial charge in [-0.1, -0.05) is 6.92 Å². The van der Waals surface area contributed by atoms with Crippen molar-refractivity contribution in [2.24, 2.45) is 0 Å². The summed E-state index contributed by atoms with van der Waals surface area (Å²) < 4.78 is 0. The first-order chi connectivity index (χ1) is 5.33. The Balaban J connectivity index is 2.23. The van der Waals surface area contributed by atoms with Gasteiger partial charge in [0.1, 0.15) is 0 Å². The standard InChI is InChI=1S/C9H16N2/c1-3-11(2)8-6-9-5-4-7-10-9/h4-5,7,10H,3,6,8H2,1-2H3. The fourth-order valence-electron chi connectivity index (χ4n) is 0.992. The molecule has 0 radical (unpaired) electrons. The molecule has 0 spiro atoms. The van der Waals surface area contributed by atoms with Crippen molar-refractivity contribution in [1.82, 2.24) is 9.88 Å². The lowest BCUT2D eigenvalue weighted by atomic mass is 10.3. The molecule has 0 aliphatic heterocycles. The van der Waals surface area contributed by atoms with E-state index in [0.717, 1.165) is 19.5 Å². The number of aromatic nitrogens is 1. The van der Waals surface area contributed by atoms with Gasteiger partial charge in [0.15, 0.2) is 0 Å². The van der Waals surface area contributed by atoms with E-state index in [2.05, 4.69) is 29.9 Å². The predicted molar refractivity (Wildman–Crippen MR) is 47.7 cm³/mol. The third-order valence-corrected chi connectivity index (χ3v) is 1.97. The van der Waals surface area contributed by atoms with Crippen LogP contribution in [0.3, 0.4) is 0 Å². The summed E-state index contributed by atoms with van der Waals surface area (Å²) in [5, 5.41) is 0. The van der Waals surface area contributed by atoms with Crippen molar-refractivity contribution in [2.45, 2.75) is 13.3 Å². The first-order valence-corrected chi connectivity index (χ1v) is 4.13. The zero-order chi connectivity index (χ0) is 8.10. The van der Waals surface area contributed by atoms with Crippen LogP contribution in [0.15, 0.2) is 18.3 Å². The minimum atomic E-state index is 1.12. The highest BCUT2D eigenvalue weighted by Crippen LogP contribution is 1.96. The fourth-order valence-corrected chi connectivity index (χ4v) is 0.992. The van der Waals surface area contributed by atoms with E-state index in [0.29, 0.717) is 0 Å². The van der Waals surface area contributed by atoms with Crippen molar-refractivity contribution in [3.05, 3.63) is 24.0 Å². The average molecular weight is 152 g/mol. The summed E-state index contributed by atoms with van der Waals surface area (Å²) >= 11 is 0. The monoisotopic (exact) mass is 152 g/mol. The summed E-state index contributed by atoms with van der Waals surface area (Å²) in [7, 11) is 2.14. The lowest BCUT2D eigenvalue weighted by molar-refractivity contribution is 0.356. The van der Waals surface area contributed by atoms with Crippen molar-refractivity contribution in [1.29, 1.82) is 0 Å². The van der Waals surface area contributed by atoms with Crippen LogP contribution in [0.25, 0.3) is 0 Å². The average Bonchev–Trinajstić information content (AvgIpc) is 2.52. The molecule has 0 unspecified atom stereocenters. The molecule has 1 heterocycles. The molecule has 62 valence electrons. The Morgan fingerprint density at radius 3 is 2.91 bits per heavy atom. The molecule has 11 heavy (non-hydrogen) atoms. The van der Waals surface area contributed by atoms with Crippen molar-refractivity contribution in [2.75, 3.05) is 20.1 Å². The van der Waals surface area contributed by atoms with Crippen molar-refractivity contribution in [3.63, 3.8) is 0 Å². The zero-order valence-corrected chi connectivity index (χ0v) is 7.30. The lowest BCUT2D eigenvalue weighted by Gasteiger charge is -2.12. The Kier molecular flexibility index (Phi) is 3.17. The van der Waals surface area contributed by atoms with Gasteiger partial charge in [-0.2, -0.15) is 0 Å². The van der Waals surface area contributed by atoms with Crippen molar-refractivity contribution in [3.8, 4) is 0 Å². The van der Waals surface area contributed by atoms with Gasteiger partial charge in [-0.25, -0.2) is 0 Å². The normalized spacial score (nSPS) is 10.8. The maximum atomic E-state index is 3.19. The number of H-pyrrole nitrogens is 1. The minimum Gasteiger partial charge on any atom is -0.365 e. The summed E-state index contributed by atoms with van der Waals surface area (Å²) in [4.78, 5) is 5.50. The van der Waals surface area contributed by atoms with E-state index in [1.165, 1.54) is 5.69 Å². The van der Waals surface area contributed by atoms with E-state index in [4.69, 9.17) is 0 Å². The van der Waals surface area contributed by atoms with Crippen LogP contribution < -0.4 is 0 Å². The first-order valence-electron chi connectivity index (χ1n) is 4.13.